The van der Waals surface area contributed by atoms with Crippen LogP contribution in [0.2, 0.25) is 0 Å². The molecule has 3 rings (SSSR count). The number of para-hydroxylation sites is 1. The molecule has 7 nitrogen and oxygen atoms in total. The number of nitrogens with zero attached hydrogens (tertiary/aromatic N) is 3. The van der Waals surface area contributed by atoms with Crippen LogP contribution in [0.15, 0.2) is 64.2 Å². The van der Waals surface area contributed by atoms with Crippen molar-refractivity contribution in [2.45, 2.75) is 13.5 Å². The number of aromatic nitrogens is 3. The van der Waals surface area contributed by atoms with Gasteiger partial charge >= 0.3 is 11.7 Å². The first-order valence-corrected chi connectivity index (χ1v) is 7.56. The smallest absolute Gasteiger partial charge is 0.362 e. The SMILES string of the molecule is Cc1cccc(Cn2c(=O)c(C(=O)O)nn(-c3ccccc3)c2=O)c1. The van der Waals surface area contributed by atoms with E-state index in [-0.39, 0.29) is 6.54 Å². The predicted octanol–water partition coefficient (Wildman–Crippen LogP) is 1.45. The van der Waals surface area contributed by atoms with Crippen molar-refractivity contribution in [1.29, 1.82) is 0 Å². The quantitative estimate of drug-likeness (QED) is 0.777. The van der Waals surface area contributed by atoms with E-state index in [0.29, 0.717) is 5.69 Å². The lowest BCUT2D eigenvalue weighted by Crippen LogP contribution is -2.44. The van der Waals surface area contributed by atoms with Crippen LogP contribution in [0.4, 0.5) is 0 Å². The minimum Gasteiger partial charge on any atom is -0.476 e. The maximum Gasteiger partial charge on any atom is 0.362 e. The fourth-order valence-electron chi connectivity index (χ4n) is 2.52. The van der Waals surface area contributed by atoms with Gasteiger partial charge in [0.25, 0.3) is 5.56 Å². The molecule has 126 valence electrons. The fourth-order valence-corrected chi connectivity index (χ4v) is 2.52. The third-order valence-electron chi connectivity index (χ3n) is 3.69. The van der Waals surface area contributed by atoms with Gasteiger partial charge in [-0.2, -0.15) is 9.78 Å². The van der Waals surface area contributed by atoms with Gasteiger partial charge in [0.1, 0.15) is 0 Å². The Labute approximate surface area is 142 Å². The number of carboxylic acids is 1. The molecule has 1 aromatic heterocycles. The third-order valence-corrected chi connectivity index (χ3v) is 3.69. The van der Waals surface area contributed by atoms with Crippen LogP contribution in [0.5, 0.6) is 0 Å². The van der Waals surface area contributed by atoms with Crippen LogP contribution in [-0.2, 0) is 6.54 Å². The lowest BCUT2D eigenvalue weighted by atomic mass is 10.1. The van der Waals surface area contributed by atoms with E-state index in [1.165, 1.54) is 0 Å². The number of hydrogen-bond donors (Lipinski definition) is 1. The molecule has 0 bridgehead atoms. The fraction of sp³-hybridized carbons (Fsp3) is 0.111. The van der Waals surface area contributed by atoms with Crippen LogP contribution in [0.3, 0.4) is 0 Å². The van der Waals surface area contributed by atoms with Crippen molar-refractivity contribution < 1.29 is 9.90 Å². The van der Waals surface area contributed by atoms with Crippen molar-refractivity contribution in [1.82, 2.24) is 14.3 Å². The topological polar surface area (TPSA) is 94.2 Å². The Hall–Kier alpha value is -3.48. The van der Waals surface area contributed by atoms with Gasteiger partial charge in [-0.05, 0) is 24.6 Å². The summed E-state index contributed by atoms with van der Waals surface area (Å²) in [6, 6.07) is 15.7. The lowest BCUT2D eigenvalue weighted by molar-refractivity contribution is 0.0684. The maximum atomic E-state index is 12.7. The normalized spacial score (nSPS) is 10.6. The van der Waals surface area contributed by atoms with Crippen LogP contribution in [0.1, 0.15) is 21.6 Å². The predicted molar refractivity (Wildman–Crippen MR) is 91.3 cm³/mol. The first kappa shape index (κ1) is 16.4. The van der Waals surface area contributed by atoms with Gasteiger partial charge in [-0.1, -0.05) is 48.0 Å². The van der Waals surface area contributed by atoms with Crippen molar-refractivity contribution >= 4 is 5.97 Å². The van der Waals surface area contributed by atoms with Gasteiger partial charge in [-0.15, -0.1) is 0 Å². The van der Waals surface area contributed by atoms with Crippen LogP contribution in [0.25, 0.3) is 5.69 Å². The molecule has 0 aliphatic carbocycles. The molecule has 25 heavy (non-hydrogen) atoms. The van der Waals surface area contributed by atoms with Crippen molar-refractivity contribution in [2.75, 3.05) is 0 Å². The van der Waals surface area contributed by atoms with E-state index >= 15 is 0 Å². The molecule has 0 atom stereocenters. The standard InChI is InChI=1S/C18H15N3O4/c1-12-6-5-7-13(10-12)11-20-16(22)15(17(23)24)19-21(18(20)25)14-8-3-2-4-9-14/h2-10H,11H2,1H3,(H,23,24). The van der Waals surface area contributed by atoms with E-state index in [1.807, 2.05) is 25.1 Å². The van der Waals surface area contributed by atoms with E-state index in [4.69, 9.17) is 0 Å². The summed E-state index contributed by atoms with van der Waals surface area (Å²) in [4.78, 5) is 36.5. The first-order valence-electron chi connectivity index (χ1n) is 7.56. The molecule has 0 aliphatic rings. The molecule has 0 saturated carbocycles. The summed E-state index contributed by atoms with van der Waals surface area (Å²) < 4.78 is 1.82. The Balaban J connectivity index is 2.23. The van der Waals surface area contributed by atoms with Gasteiger partial charge < -0.3 is 5.11 Å². The lowest BCUT2D eigenvalue weighted by Gasteiger charge is -2.11. The number of hydrogen-bond acceptors (Lipinski definition) is 4. The summed E-state index contributed by atoms with van der Waals surface area (Å²) in [7, 11) is 0. The molecule has 0 amide bonds. The average Bonchev–Trinajstić information content (AvgIpc) is 2.59. The highest BCUT2D eigenvalue weighted by Gasteiger charge is 2.19. The van der Waals surface area contributed by atoms with Crippen LogP contribution < -0.4 is 11.2 Å². The Kier molecular flexibility index (Phi) is 4.30. The van der Waals surface area contributed by atoms with E-state index in [9.17, 15) is 19.5 Å². The molecule has 0 aliphatic heterocycles. The number of carbonyl (C=O) groups is 1. The van der Waals surface area contributed by atoms with Gasteiger partial charge in [0.15, 0.2) is 0 Å². The summed E-state index contributed by atoms with van der Waals surface area (Å²) in [5.74, 6) is -1.48. The second-order valence-electron chi connectivity index (χ2n) is 5.56. The summed E-state index contributed by atoms with van der Waals surface area (Å²) in [6.07, 6.45) is 0. The Morgan fingerprint density at radius 2 is 1.80 bits per heavy atom. The highest BCUT2D eigenvalue weighted by atomic mass is 16.4. The van der Waals surface area contributed by atoms with Crippen molar-refractivity contribution in [3.8, 4) is 5.69 Å². The highest BCUT2D eigenvalue weighted by Crippen LogP contribution is 2.06. The van der Waals surface area contributed by atoms with E-state index in [0.717, 1.165) is 20.4 Å². The van der Waals surface area contributed by atoms with Gasteiger partial charge in [-0.3, -0.25) is 9.36 Å². The number of rotatable bonds is 4. The molecule has 3 aromatic rings. The van der Waals surface area contributed by atoms with E-state index in [1.54, 1.807) is 36.4 Å². The molecule has 2 aromatic carbocycles. The minimum atomic E-state index is -1.48. The summed E-state index contributed by atoms with van der Waals surface area (Å²) in [5.41, 5.74) is -0.235. The van der Waals surface area contributed by atoms with Crippen molar-refractivity contribution in [3.63, 3.8) is 0 Å². The average molecular weight is 337 g/mol. The molecule has 0 spiro atoms. The van der Waals surface area contributed by atoms with Crippen molar-refractivity contribution in [3.05, 3.63) is 92.3 Å². The number of benzene rings is 2. The molecule has 0 unspecified atom stereocenters. The largest absolute Gasteiger partial charge is 0.476 e. The van der Waals surface area contributed by atoms with Crippen LogP contribution in [-0.4, -0.2) is 25.4 Å². The van der Waals surface area contributed by atoms with E-state index in [2.05, 4.69) is 5.10 Å². The molecule has 0 saturated heterocycles. The number of carboxylic acid groups (broad SMARTS) is 1. The molecule has 0 fully saturated rings. The molecular weight excluding hydrogens is 322 g/mol. The zero-order valence-electron chi connectivity index (χ0n) is 13.4. The Morgan fingerprint density at radius 1 is 1.08 bits per heavy atom. The maximum absolute atomic E-state index is 12.7. The number of aromatic carboxylic acids is 1. The summed E-state index contributed by atoms with van der Waals surface area (Å²) in [5, 5.41) is 13.0. The third kappa shape index (κ3) is 3.25. The second kappa shape index (κ2) is 6.56. The van der Waals surface area contributed by atoms with Gasteiger partial charge in [0, 0.05) is 0 Å². The molecule has 1 heterocycles. The van der Waals surface area contributed by atoms with Crippen LogP contribution in [0, 0.1) is 6.92 Å². The Bertz CT molecular complexity index is 1050. The monoisotopic (exact) mass is 337 g/mol. The van der Waals surface area contributed by atoms with Crippen molar-refractivity contribution in [2.24, 2.45) is 0 Å². The zero-order chi connectivity index (χ0) is 18.0. The number of aryl methyl sites for hydroxylation is 1. The summed E-state index contributed by atoms with van der Waals surface area (Å²) in [6.45, 7) is 1.86. The second-order valence-corrected chi connectivity index (χ2v) is 5.56. The van der Waals surface area contributed by atoms with Gasteiger partial charge in [0.05, 0.1) is 12.2 Å². The van der Waals surface area contributed by atoms with E-state index < -0.39 is 22.9 Å². The van der Waals surface area contributed by atoms with Crippen LogP contribution >= 0.6 is 0 Å². The first-order chi connectivity index (χ1) is 12.0. The highest BCUT2D eigenvalue weighted by molar-refractivity contribution is 5.84. The molecule has 7 heteroatoms. The Morgan fingerprint density at radius 3 is 2.44 bits per heavy atom. The van der Waals surface area contributed by atoms with Gasteiger partial charge in [-0.25, -0.2) is 9.59 Å². The van der Waals surface area contributed by atoms with Gasteiger partial charge in [0.2, 0.25) is 5.69 Å². The zero-order valence-corrected chi connectivity index (χ0v) is 13.4. The molecular formula is C18H15N3O4. The summed E-state index contributed by atoms with van der Waals surface area (Å²) >= 11 is 0. The molecule has 0 radical (unpaired) electrons. The molecule has 1 N–H and O–H groups in total. The minimum absolute atomic E-state index is 0.0328.